The number of anilines is 1. The molecule has 0 fully saturated rings. The maximum Gasteiger partial charge on any atom is 0.279 e. The number of rotatable bonds is 5. The van der Waals surface area contributed by atoms with Crippen LogP contribution in [0.1, 0.15) is 24.1 Å². The van der Waals surface area contributed by atoms with Crippen molar-refractivity contribution in [3.05, 3.63) is 64.2 Å². The molecular formula is C17H18ClF2N2O+. The Morgan fingerprint density at radius 1 is 1.22 bits per heavy atom. The lowest BCUT2D eigenvalue weighted by molar-refractivity contribution is -0.682. The summed E-state index contributed by atoms with van der Waals surface area (Å²) in [6, 6.07) is 8.85. The predicted molar refractivity (Wildman–Crippen MR) is 86.4 cm³/mol. The molecule has 3 N–H and O–H groups in total. The number of nitrogens with two attached hydrogens (primary N) is 1. The van der Waals surface area contributed by atoms with Gasteiger partial charge in [0.05, 0.1) is 0 Å². The first-order chi connectivity index (χ1) is 10.9. The van der Waals surface area contributed by atoms with E-state index >= 15 is 0 Å². The molecule has 0 heterocycles. The van der Waals surface area contributed by atoms with E-state index in [0.29, 0.717) is 16.3 Å². The molecule has 122 valence electrons. The highest BCUT2D eigenvalue weighted by Crippen LogP contribution is 2.19. The summed E-state index contributed by atoms with van der Waals surface area (Å²) in [6.07, 6.45) is 0. The Hall–Kier alpha value is -1.98. The molecule has 0 unspecified atom stereocenters. The van der Waals surface area contributed by atoms with E-state index in [1.54, 1.807) is 17.4 Å². The van der Waals surface area contributed by atoms with E-state index in [9.17, 15) is 13.6 Å². The van der Waals surface area contributed by atoms with Gasteiger partial charge in [-0.3, -0.25) is 4.79 Å². The molecule has 3 nitrogen and oxygen atoms in total. The number of aryl methyl sites for hydroxylation is 1. The summed E-state index contributed by atoms with van der Waals surface area (Å²) in [5.74, 6) is -1.96. The van der Waals surface area contributed by atoms with Gasteiger partial charge in [0.1, 0.15) is 6.04 Å². The maximum absolute atomic E-state index is 13.2. The Balaban J connectivity index is 1.93. The Labute approximate surface area is 138 Å². The molecule has 2 rings (SSSR count). The fourth-order valence-corrected chi connectivity index (χ4v) is 2.32. The van der Waals surface area contributed by atoms with Crippen LogP contribution in [0.15, 0.2) is 36.4 Å². The highest BCUT2D eigenvalue weighted by atomic mass is 35.5. The summed E-state index contributed by atoms with van der Waals surface area (Å²) in [5.41, 5.74) is 2.20. The third-order valence-electron chi connectivity index (χ3n) is 3.60. The largest absolute Gasteiger partial charge is 0.333 e. The van der Waals surface area contributed by atoms with Crippen molar-refractivity contribution in [2.75, 3.05) is 11.9 Å². The molecule has 6 heteroatoms. The third kappa shape index (κ3) is 4.74. The van der Waals surface area contributed by atoms with E-state index in [2.05, 4.69) is 5.32 Å². The molecule has 0 saturated carbocycles. The second kappa shape index (κ2) is 7.53. The molecule has 0 aliphatic heterocycles. The van der Waals surface area contributed by atoms with Gasteiger partial charge in [0.2, 0.25) is 0 Å². The van der Waals surface area contributed by atoms with E-state index in [4.69, 9.17) is 11.6 Å². The number of halogens is 3. The van der Waals surface area contributed by atoms with E-state index < -0.39 is 11.6 Å². The molecule has 0 aliphatic carbocycles. The second-order valence-electron chi connectivity index (χ2n) is 5.41. The SMILES string of the molecule is Cc1ccc(Cl)cc1NC(=O)C[NH2+][C@@H](C)c1ccc(F)c(F)c1. The zero-order chi connectivity index (χ0) is 17.0. The number of carbonyl (C=O) groups excluding carboxylic acids is 1. The van der Waals surface area contributed by atoms with Gasteiger partial charge in [-0.1, -0.05) is 17.7 Å². The van der Waals surface area contributed by atoms with Crippen LogP contribution in [0.4, 0.5) is 14.5 Å². The first kappa shape index (κ1) is 17.4. The van der Waals surface area contributed by atoms with Crippen molar-refractivity contribution in [1.29, 1.82) is 0 Å². The number of carbonyl (C=O) groups is 1. The van der Waals surface area contributed by atoms with Crippen LogP contribution in [0.2, 0.25) is 5.02 Å². The van der Waals surface area contributed by atoms with E-state index in [0.717, 1.165) is 17.7 Å². The van der Waals surface area contributed by atoms with Crippen molar-refractivity contribution in [2.24, 2.45) is 0 Å². The van der Waals surface area contributed by atoms with Crippen molar-refractivity contribution in [2.45, 2.75) is 19.9 Å². The molecule has 0 radical (unpaired) electrons. The molecule has 2 aromatic rings. The minimum absolute atomic E-state index is 0.159. The normalized spacial score (nSPS) is 12.0. The molecular weight excluding hydrogens is 322 g/mol. The highest BCUT2D eigenvalue weighted by Gasteiger charge is 2.14. The Kier molecular flexibility index (Phi) is 5.69. The van der Waals surface area contributed by atoms with Gasteiger partial charge in [-0.15, -0.1) is 0 Å². The second-order valence-corrected chi connectivity index (χ2v) is 5.85. The highest BCUT2D eigenvalue weighted by molar-refractivity contribution is 6.31. The van der Waals surface area contributed by atoms with E-state index in [1.807, 2.05) is 19.9 Å². The minimum Gasteiger partial charge on any atom is -0.333 e. The van der Waals surface area contributed by atoms with Crippen LogP contribution < -0.4 is 10.6 Å². The number of nitrogens with one attached hydrogen (secondary N) is 1. The Morgan fingerprint density at radius 3 is 2.65 bits per heavy atom. The third-order valence-corrected chi connectivity index (χ3v) is 3.84. The molecule has 23 heavy (non-hydrogen) atoms. The number of quaternary nitrogens is 1. The summed E-state index contributed by atoms with van der Waals surface area (Å²) < 4.78 is 26.2. The molecule has 0 spiro atoms. The van der Waals surface area contributed by atoms with Crippen LogP contribution in [0.25, 0.3) is 0 Å². The van der Waals surface area contributed by atoms with Crippen LogP contribution in [-0.2, 0) is 4.79 Å². The van der Waals surface area contributed by atoms with Crippen LogP contribution in [-0.4, -0.2) is 12.5 Å². The van der Waals surface area contributed by atoms with Crippen molar-refractivity contribution in [3.8, 4) is 0 Å². The van der Waals surface area contributed by atoms with Crippen LogP contribution in [0.5, 0.6) is 0 Å². The molecule has 0 bridgehead atoms. The smallest absolute Gasteiger partial charge is 0.279 e. The summed E-state index contributed by atoms with van der Waals surface area (Å²) in [4.78, 5) is 12.0. The maximum atomic E-state index is 13.2. The zero-order valence-electron chi connectivity index (χ0n) is 12.9. The number of amides is 1. The van der Waals surface area contributed by atoms with Gasteiger partial charge in [0, 0.05) is 16.3 Å². The average Bonchev–Trinajstić information content (AvgIpc) is 2.51. The fraction of sp³-hybridized carbons (Fsp3) is 0.235. The Morgan fingerprint density at radius 2 is 1.96 bits per heavy atom. The average molecular weight is 340 g/mol. The van der Waals surface area contributed by atoms with Crippen LogP contribution in [0.3, 0.4) is 0 Å². The molecule has 0 aromatic heterocycles. The lowest BCUT2D eigenvalue weighted by Gasteiger charge is -2.12. The quantitative estimate of drug-likeness (QED) is 0.863. The monoisotopic (exact) mass is 339 g/mol. The van der Waals surface area contributed by atoms with Crippen molar-refractivity contribution in [3.63, 3.8) is 0 Å². The number of benzene rings is 2. The molecule has 1 atom stereocenters. The fourth-order valence-electron chi connectivity index (χ4n) is 2.15. The summed E-state index contributed by atoms with van der Waals surface area (Å²) in [5, 5.41) is 5.09. The molecule has 0 aliphatic rings. The van der Waals surface area contributed by atoms with Gasteiger partial charge in [0.15, 0.2) is 18.2 Å². The summed E-state index contributed by atoms with van der Waals surface area (Å²) in [6.45, 7) is 3.86. The first-order valence-corrected chi connectivity index (χ1v) is 7.59. The van der Waals surface area contributed by atoms with Gasteiger partial charge >= 0.3 is 0 Å². The topological polar surface area (TPSA) is 45.7 Å². The van der Waals surface area contributed by atoms with Gasteiger partial charge < -0.3 is 10.6 Å². The van der Waals surface area contributed by atoms with Crippen molar-refractivity contribution in [1.82, 2.24) is 0 Å². The number of hydrogen-bond acceptors (Lipinski definition) is 1. The van der Waals surface area contributed by atoms with Gasteiger partial charge in [-0.2, -0.15) is 0 Å². The van der Waals surface area contributed by atoms with Gasteiger partial charge in [-0.05, 0) is 49.7 Å². The first-order valence-electron chi connectivity index (χ1n) is 7.21. The van der Waals surface area contributed by atoms with E-state index in [-0.39, 0.29) is 18.5 Å². The summed E-state index contributed by atoms with van der Waals surface area (Å²) >= 11 is 5.91. The summed E-state index contributed by atoms with van der Waals surface area (Å²) in [7, 11) is 0. The lowest BCUT2D eigenvalue weighted by atomic mass is 10.1. The van der Waals surface area contributed by atoms with Crippen LogP contribution >= 0.6 is 11.6 Å². The molecule has 0 saturated heterocycles. The van der Waals surface area contributed by atoms with Crippen LogP contribution in [0, 0.1) is 18.6 Å². The van der Waals surface area contributed by atoms with Crippen molar-refractivity contribution < 1.29 is 18.9 Å². The molecule has 2 aromatic carbocycles. The van der Waals surface area contributed by atoms with E-state index in [1.165, 1.54) is 6.07 Å². The standard InChI is InChI=1S/C17H17ClF2N2O/c1-10-3-5-13(18)8-16(10)22-17(23)9-21-11(2)12-4-6-14(19)15(20)7-12/h3-8,11,21H,9H2,1-2H3,(H,22,23)/p+1/t11-/m0/s1. The Bertz CT molecular complexity index is 722. The molecule has 1 amide bonds. The number of hydrogen-bond donors (Lipinski definition) is 2. The van der Waals surface area contributed by atoms with Gasteiger partial charge in [0.25, 0.3) is 5.91 Å². The predicted octanol–water partition coefficient (Wildman–Crippen LogP) is 3.19. The lowest BCUT2D eigenvalue weighted by Crippen LogP contribution is -2.86. The van der Waals surface area contributed by atoms with Gasteiger partial charge in [-0.25, -0.2) is 8.78 Å². The zero-order valence-corrected chi connectivity index (χ0v) is 13.6. The minimum atomic E-state index is -0.887. The van der Waals surface area contributed by atoms with Crippen molar-refractivity contribution >= 4 is 23.2 Å².